The first kappa shape index (κ1) is 20.1. The smallest absolute Gasteiger partial charge is 0.406 e. The van der Waals surface area contributed by atoms with Gasteiger partial charge in [0, 0.05) is 6.42 Å². The maximum absolute atomic E-state index is 12.8. The van der Waals surface area contributed by atoms with E-state index in [1.54, 1.807) is 13.8 Å². The molecule has 1 aromatic rings. The number of rotatable bonds is 4. The Morgan fingerprint density at radius 3 is 2.31 bits per heavy atom. The monoisotopic (exact) mass is 372 g/mol. The third-order valence-electron chi connectivity index (χ3n) is 4.68. The molecule has 1 aliphatic heterocycles. The molecule has 1 heterocycles. The Hall–Kier alpha value is -2.25. The number of piperidine rings is 1. The Labute approximate surface area is 150 Å². The van der Waals surface area contributed by atoms with Gasteiger partial charge in [-0.15, -0.1) is 13.2 Å². The summed E-state index contributed by atoms with van der Waals surface area (Å²) in [5, 5.41) is 5.81. The molecule has 1 saturated heterocycles. The summed E-state index contributed by atoms with van der Waals surface area (Å²) in [5.74, 6) is -0.662. The lowest BCUT2D eigenvalue weighted by Gasteiger charge is -2.41. The average molecular weight is 372 g/mol. The molecule has 0 spiro atoms. The molecule has 5 nitrogen and oxygen atoms in total. The van der Waals surface area contributed by atoms with Crippen molar-refractivity contribution < 1.29 is 27.5 Å². The Kier molecular flexibility index (Phi) is 5.26. The SMILES string of the molecule is CC(C)(C(=O)NC1CCC(=O)NC1(C)C)c1ccc(OC(F)(F)F)cc1. The van der Waals surface area contributed by atoms with Gasteiger partial charge in [0.25, 0.3) is 0 Å². The van der Waals surface area contributed by atoms with Crippen LogP contribution in [0.4, 0.5) is 13.2 Å². The van der Waals surface area contributed by atoms with E-state index in [4.69, 9.17) is 0 Å². The van der Waals surface area contributed by atoms with Crippen molar-refractivity contribution in [3.05, 3.63) is 29.8 Å². The molecule has 2 rings (SSSR count). The lowest BCUT2D eigenvalue weighted by atomic mass is 9.81. The molecule has 0 aliphatic carbocycles. The van der Waals surface area contributed by atoms with Crippen LogP contribution in [0.25, 0.3) is 0 Å². The highest BCUT2D eigenvalue weighted by Gasteiger charge is 2.39. The van der Waals surface area contributed by atoms with Gasteiger partial charge in [-0.05, 0) is 51.8 Å². The van der Waals surface area contributed by atoms with Crippen LogP contribution in [-0.2, 0) is 15.0 Å². The molecule has 1 aromatic carbocycles. The van der Waals surface area contributed by atoms with E-state index < -0.39 is 17.3 Å². The molecular weight excluding hydrogens is 349 g/mol. The maximum Gasteiger partial charge on any atom is 0.573 e. The predicted octanol–water partition coefficient (Wildman–Crippen LogP) is 3.04. The van der Waals surface area contributed by atoms with E-state index in [1.165, 1.54) is 24.3 Å². The van der Waals surface area contributed by atoms with Crippen LogP contribution in [0, 0.1) is 0 Å². The summed E-state index contributed by atoms with van der Waals surface area (Å²) >= 11 is 0. The lowest BCUT2D eigenvalue weighted by molar-refractivity contribution is -0.274. The number of hydrogen-bond acceptors (Lipinski definition) is 3. The normalized spacial score (nSPS) is 20.3. The summed E-state index contributed by atoms with van der Waals surface area (Å²) in [4.78, 5) is 24.3. The van der Waals surface area contributed by atoms with E-state index in [-0.39, 0.29) is 23.6 Å². The van der Waals surface area contributed by atoms with Gasteiger partial charge >= 0.3 is 6.36 Å². The quantitative estimate of drug-likeness (QED) is 0.854. The van der Waals surface area contributed by atoms with Gasteiger partial charge < -0.3 is 15.4 Å². The van der Waals surface area contributed by atoms with Crippen molar-refractivity contribution in [2.75, 3.05) is 0 Å². The fourth-order valence-electron chi connectivity index (χ4n) is 2.94. The van der Waals surface area contributed by atoms with Crippen molar-refractivity contribution in [2.45, 2.75) is 63.9 Å². The second kappa shape index (κ2) is 6.81. The third-order valence-corrected chi connectivity index (χ3v) is 4.68. The fraction of sp³-hybridized carbons (Fsp3) is 0.556. The highest BCUT2D eigenvalue weighted by Crippen LogP contribution is 2.29. The van der Waals surface area contributed by atoms with E-state index >= 15 is 0 Å². The zero-order valence-electron chi connectivity index (χ0n) is 15.2. The topological polar surface area (TPSA) is 67.4 Å². The van der Waals surface area contributed by atoms with E-state index in [9.17, 15) is 22.8 Å². The van der Waals surface area contributed by atoms with Crippen LogP contribution < -0.4 is 15.4 Å². The van der Waals surface area contributed by atoms with Crippen molar-refractivity contribution in [1.82, 2.24) is 10.6 Å². The predicted molar refractivity (Wildman–Crippen MR) is 89.5 cm³/mol. The number of carbonyl (C=O) groups is 2. The molecule has 2 N–H and O–H groups in total. The largest absolute Gasteiger partial charge is 0.573 e. The summed E-state index contributed by atoms with van der Waals surface area (Å²) in [5.41, 5.74) is -0.984. The zero-order chi connectivity index (χ0) is 19.8. The molecule has 26 heavy (non-hydrogen) atoms. The molecule has 0 radical (unpaired) electrons. The first-order chi connectivity index (χ1) is 11.8. The first-order valence-corrected chi connectivity index (χ1v) is 8.29. The molecule has 0 bridgehead atoms. The second-order valence-electron chi connectivity index (χ2n) is 7.53. The van der Waals surface area contributed by atoms with Crippen LogP contribution in [0.15, 0.2) is 24.3 Å². The minimum absolute atomic E-state index is 0.0555. The number of carbonyl (C=O) groups excluding carboxylic acids is 2. The number of amides is 2. The molecule has 1 atom stereocenters. The van der Waals surface area contributed by atoms with Crippen LogP contribution in [-0.4, -0.2) is 29.8 Å². The highest BCUT2D eigenvalue weighted by molar-refractivity contribution is 5.88. The van der Waals surface area contributed by atoms with E-state index in [1.807, 2.05) is 13.8 Å². The van der Waals surface area contributed by atoms with Gasteiger partial charge in [0.15, 0.2) is 0 Å². The van der Waals surface area contributed by atoms with Crippen molar-refractivity contribution in [2.24, 2.45) is 0 Å². The average Bonchev–Trinajstić information content (AvgIpc) is 2.48. The minimum Gasteiger partial charge on any atom is -0.406 e. The van der Waals surface area contributed by atoms with Gasteiger partial charge in [0.1, 0.15) is 5.75 Å². The van der Waals surface area contributed by atoms with Crippen molar-refractivity contribution >= 4 is 11.8 Å². The Morgan fingerprint density at radius 2 is 1.81 bits per heavy atom. The molecule has 1 aliphatic rings. The summed E-state index contributed by atoms with van der Waals surface area (Å²) < 4.78 is 40.6. The first-order valence-electron chi connectivity index (χ1n) is 8.29. The fourth-order valence-corrected chi connectivity index (χ4v) is 2.94. The summed E-state index contributed by atoms with van der Waals surface area (Å²) in [6.45, 7) is 7.06. The maximum atomic E-state index is 12.8. The number of hydrogen-bond donors (Lipinski definition) is 2. The second-order valence-corrected chi connectivity index (χ2v) is 7.53. The number of halogens is 3. The molecule has 0 aromatic heterocycles. The molecular formula is C18H23F3N2O3. The third kappa shape index (κ3) is 4.68. The van der Waals surface area contributed by atoms with E-state index in [0.29, 0.717) is 18.4 Å². The molecule has 144 valence electrons. The summed E-state index contributed by atoms with van der Waals surface area (Å²) in [6, 6.07) is 5.01. The highest BCUT2D eigenvalue weighted by atomic mass is 19.4. The zero-order valence-corrected chi connectivity index (χ0v) is 15.2. The molecule has 0 saturated carbocycles. The lowest BCUT2D eigenvalue weighted by Crippen LogP contribution is -2.63. The van der Waals surface area contributed by atoms with Crippen molar-refractivity contribution in [3.8, 4) is 5.75 Å². The standard InChI is InChI=1S/C18H23F3N2O3/c1-16(2,11-5-7-12(8-6-11)26-18(19,20)21)15(25)22-13-9-10-14(24)23-17(13,3)4/h5-8,13H,9-10H2,1-4H3,(H,22,25)(H,23,24). The Bertz CT molecular complexity index is 682. The molecule has 1 fully saturated rings. The van der Waals surface area contributed by atoms with E-state index in [2.05, 4.69) is 15.4 Å². The number of alkyl halides is 3. The Balaban J connectivity index is 2.11. The number of benzene rings is 1. The van der Waals surface area contributed by atoms with Crippen LogP contribution in [0.3, 0.4) is 0 Å². The van der Waals surface area contributed by atoms with Gasteiger partial charge in [-0.1, -0.05) is 12.1 Å². The Morgan fingerprint density at radius 1 is 1.23 bits per heavy atom. The van der Waals surface area contributed by atoms with Crippen LogP contribution in [0.1, 0.15) is 46.1 Å². The van der Waals surface area contributed by atoms with Gasteiger partial charge in [-0.3, -0.25) is 9.59 Å². The van der Waals surface area contributed by atoms with Gasteiger partial charge in [-0.2, -0.15) is 0 Å². The summed E-state index contributed by atoms with van der Waals surface area (Å²) in [6.07, 6.45) is -3.90. The summed E-state index contributed by atoms with van der Waals surface area (Å²) in [7, 11) is 0. The molecule has 1 unspecified atom stereocenters. The van der Waals surface area contributed by atoms with Crippen LogP contribution in [0.2, 0.25) is 0 Å². The minimum atomic E-state index is -4.76. The van der Waals surface area contributed by atoms with Gasteiger partial charge in [0.05, 0.1) is 17.0 Å². The van der Waals surface area contributed by atoms with Crippen molar-refractivity contribution in [1.29, 1.82) is 0 Å². The van der Waals surface area contributed by atoms with Gasteiger partial charge in [-0.25, -0.2) is 0 Å². The molecule has 8 heteroatoms. The van der Waals surface area contributed by atoms with Crippen molar-refractivity contribution in [3.63, 3.8) is 0 Å². The van der Waals surface area contributed by atoms with E-state index in [0.717, 1.165) is 0 Å². The number of nitrogens with one attached hydrogen (secondary N) is 2. The van der Waals surface area contributed by atoms with Crippen LogP contribution >= 0.6 is 0 Å². The molecule has 2 amide bonds. The van der Waals surface area contributed by atoms with Crippen LogP contribution in [0.5, 0.6) is 5.75 Å². The van der Waals surface area contributed by atoms with Gasteiger partial charge in [0.2, 0.25) is 11.8 Å². The number of ether oxygens (including phenoxy) is 1.